The van der Waals surface area contributed by atoms with E-state index in [0.29, 0.717) is 28.7 Å². The van der Waals surface area contributed by atoms with Crippen molar-refractivity contribution in [2.24, 2.45) is 0 Å². The summed E-state index contributed by atoms with van der Waals surface area (Å²) in [6.07, 6.45) is 14.0. The molecule has 0 atom stereocenters. The van der Waals surface area contributed by atoms with Gasteiger partial charge in [0, 0.05) is 57.5 Å². The predicted octanol–water partition coefficient (Wildman–Crippen LogP) is 13.6. The number of allylic oxidation sites excluding steroid dienone is 6. The fourth-order valence-electron chi connectivity index (χ4n) is 8.33. The lowest BCUT2D eigenvalue weighted by Gasteiger charge is -2.12. The van der Waals surface area contributed by atoms with Gasteiger partial charge in [-0.15, -0.1) is 0 Å². The summed E-state index contributed by atoms with van der Waals surface area (Å²) in [6.45, 7) is 0. The second-order valence-corrected chi connectivity index (χ2v) is 15.0. The summed E-state index contributed by atoms with van der Waals surface area (Å²) in [5, 5.41) is 6.15. The van der Waals surface area contributed by atoms with Gasteiger partial charge in [0.1, 0.15) is 11.6 Å². The summed E-state index contributed by atoms with van der Waals surface area (Å²) in [6, 6.07) is 45.0. The molecule has 4 heterocycles. The molecule has 6 heteroatoms. The van der Waals surface area contributed by atoms with Crippen LogP contribution in [0.4, 0.5) is 8.78 Å². The maximum Gasteiger partial charge on any atom is 0.124 e. The van der Waals surface area contributed by atoms with Crippen LogP contribution in [0.25, 0.3) is 93.4 Å². The van der Waals surface area contributed by atoms with Crippen LogP contribution in [0.3, 0.4) is 0 Å². The normalized spacial score (nSPS) is 13.2. The zero-order valence-electron chi connectivity index (χ0n) is 31.6. The Hall–Kier alpha value is -7.70. The third-order valence-electron chi connectivity index (χ3n) is 11.3. The Morgan fingerprint density at radius 3 is 1.47 bits per heavy atom. The van der Waals surface area contributed by atoms with Crippen LogP contribution in [-0.2, 0) is 0 Å². The van der Waals surface area contributed by atoms with Crippen molar-refractivity contribution in [2.75, 3.05) is 0 Å². The Labute approximate surface area is 338 Å². The predicted molar refractivity (Wildman–Crippen MR) is 237 cm³/mol. The van der Waals surface area contributed by atoms with Crippen molar-refractivity contribution in [3.8, 4) is 22.3 Å². The van der Waals surface area contributed by atoms with Crippen molar-refractivity contribution in [3.05, 3.63) is 211 Å². The van der Waals surface area contributed by atoms with Crippen LogP contribution in [0, 0.1) is 11.6 Å². The average molecular weight is 763 g/mol. The van der Waals surface area contributed by atoms with Gasteiger partial charge in [-0.05, 0) is 135 Å². The second kappa shape index (κ2) is 14.0. The van der Waals surface area contributed by atoms with Crippen molar-refractivity contribution < 1.29 is 8.78 Å². The first-order valence-electron chi connectivity index (χ1n) is 19.5. The number of pyridine rings is 4. The summed E-state index contributed by atoms with van der Waals surface area (Å²) in [4.78, 5) is 18.7. The molecule has 4 aromatic heterocycles. The van der Waals surface area contributed by atoms with Crippen LogP contribution in [0.1, 0.15) is 23.1 Å². The molecular weight excluding hydrogens is 731 g/mol. The van der Waals surface area contributed by atoms with Gasteiger partial charge in [-0.3, -0.25) is 19.9 Å². The van der Waals surface area contributed by atoms with E-state index in [1.54, 1.807) is 49.1 Å². The molecule has 10 aromatic rings. The summed E-state index contributed by atoms with van der Waals surface area (Å²) in [7, 11) is 0. The maximum atomic E-state index is 15.8. The SMILES string of the molecule is Fc1cc(C2=CCC(c3ccc4ccccc4c3)=CC(c3cc(F)cc(-c4cnc5c(ccc6cccnc65)c4)c3)=C2)cc(-c2cnc3c(ccc4cccnc43)c2)c1. The number of benzene rings is 6. The first-order chi connectivity index (χ1) is 29.0. The monoisotopic (exact) mass is 762 g/mol. The molecular formula is C53H32F2N4. The molecule has 0 saturated carbocycles. The molecule has 1 aliphatic rings. The van der Waals surface area contributed by atoms with E-state index in [9.17, 15) is 0 Å². The van der Waals surface area contributed by atoms with Gasteiger partial charge in [-0.25, -0.2) is 8.78 Å². The van der Waals surface area contributed by atoms with Crippen molar-refractivity contribution in [1.29, 1.82) is 0 Å². The van der Waals surface area contributed by atoms with E-state index in [4.69, 9.17) is 9.97 Å². The molecule has 0 radical (unpaired) electrons. The highest BCUT2D eigenvalue weighted by atomic mass is 19.1. The Bertz CT molecular complexity index is 3460. The zero-order valence-corrected chi connectivity index (χ0v) is 31.6. The van der Waals surface area contributed by atoms with Crippen LogP contribution in [0.15, 0.2) is 183 Å². The van der Waals surface area contributed by atoms with Gasteiger partial charge in [0.05, 0.1) is 22.1 Å². The molecule has 0 fully saturated rings. The van der Waals surface area contributed by atoms with E-state index in [-0.39, 0.29) is 11.6 Å². The van der Waals surface area contributed by atoms with E-state index in [0.717, 1.165) is 87.8 Å². The van der Waals surface area contributed by atoms with Crippen LogP contribution in [0.2, 0.25) is 0 Å². The number of fused-ring (bicyclic) bond motifs is 7. The standard InChI is InChI=1S/C53H32F2N4/c54-48-26-42(24-44(28-48)46-22-39-15-10-33-7-3-17-56-50(33)52(39)58-30-46)38-14-13-37(36-12-9-32-5-1-2-6-35(32)19-36)20-41(21-38)43-25-45(29-49(55)27-43)47-23-40-16-11-34-8-4-18-57-51(34)53(40)59-31-47/h1-12,14-31H,13H2. The topological polar surface area (TPSA) is 51.6 Å². The molecule has 0 unspecified atom stereocenters. The Morgan fingerprint density at radius 1 is 0.356 bits per heavy atom. The maximum absolute atomic E-state index is 15.8. The van der Waals surface area contributed by atoms with Gasteiger partial charge in [0.15, 0.2) is 0 Å². The Morgan fingerprint density at radius 2 is 0.847 bits per heavy atom. The minimum absolute atomic E-state index is 0.361. The minimum Gasteiger partial charge on any atom is -0.254 e. The summed E-state index contributed by atoms with van der Waals surface area (Å²) < 4.78 is 31.6. The third kappa shape index (κ3) is 6.41. The first kappa shape index (κ1) is 34.5. The molecule has 0 spiro atoms. The smallest absolute Gasteiger partial charge is 0.124 e. The van der Waals surface area contributed by atoms with Crippen molar-refractivity contribution in [3.63, 3.8) is 0 Å². The quantitative estimate of drug-likeness (QED) is 0.164. The van der Waals surface area contributed by atoms with E-state index >= 15 is 8.78 Å². The molecule has 6 aromatic carbocycles. The van der Waals surface area contributed by atoms with Crippen LogP contribution < -0.4 is 0 Å². The molecule has 0 aliphatic heterocycles. The van der Waals surface area contributed by atoms with Gasteiger partial charge in [0.2, 0.25) is 0 Å². The highest BCUT2D eigenvalue weighted by Gasteiger charge is 2.16. The Balaban J connectivity index is 1.03. The molecule has 1 aliphatic carbocycles. The molecule has 4 nitrogen and oxygen atoms in total. The highest BCUT2D eigenvalue weighted by molar-refractivity contribution is 6.05. The fourth-order valence-corrected chi connectivity index (χ4v) is 8.33. The van der Waals surface area contributed by atoms with Crippen molar-refractivity contribution >= 4 is 71.1 Å². The van der Waals surface area contributed by atoms with Gasteiger partial charge >= 0.3 is 0 Å². The zero-order chi connectivity index (χ0) is 39.5. The molecule has 278 valence electrons. The summed E-state index contributed by atoms with van der Waals surface area (Å²) in [5.74, 6) is -0.727. The molecule has 0 saturated heterocycles. The first-order valence-corrected chi connectivity index (χ1v) is 19.5. The van der Waals surface area contributed by atoms with E-state index < -0.39 is 0 Å². The summed E-state index contributed by atoms with van der Waals surface area (Å²) in [5.41, 5.74) is 11.4. The number of aromatic nitrogens is 4. The number of rotatable bonds is 5. The van der Waals surface area contributed by atoms with E-state index in [1.807, 2.05) is 91.0 Å². The van der Waals surface area contributed by atoms with E-state index in [1.165, 1.54) is 0 Å². The molecule has 0 amide bonds. The Kier molecular flexibility index (Phi) is 8.22. The minimum atomic E-state index is -0.367. The largest absolute Gasteiger partial charge is 0.254 e. The molecule has 59 heavy (non-hydrogen) atoms. The average Bonchev–Trinajstić information content (AvgIpc) is 3.52. The van der Waals surface area contributed by atoms with Gasteiger partial charge in [-0.1, -0.05) is 84.9 Å². The second-order valence-electron chi connectivity index (χ2n) is 15.0. The van der Waals surface area contributed by atoms with Crippen LogP contribution >= 0.6 is 0 Å². The number of nitrogens with zero attached hydrogens (tertiary/aromatic N) is 4. The van der Waals surface area contributed by atoms with Gasteiger partial charge < -0.3 is 0 Å². The number of hydrogen-bond donors (Lipinski definition) is 0. The molecule has 0 bridgehead atoms. The number of halogens is 2. The number of hydrogen-bond acceptors (Lipinski definition) is 4. The summed E-state index contributed by atoms with van der Waals surface area (Å²) >= 11 is 0. The van der Waals surface area contributed by atoms with Crippen LogP contribution in [0.5, 0.6) is 0 Å². The lowest BCUT2D eigenvalue weighted by atomic mass is 9.94. The van der Waals surface area contributed by atoms with Gasteiger partial charge in [0.25, 0.3) is 0 Å². The third-order valence-corrected chi connectivity index (χ3v) is 11.3. The van der Waals surface area contributed by atoms with Crippen molar-refractivity contribution in [2.45, 2.75) is 6.42 Å². The lowest BCUT2D eigenvalue weighted by Crippen LogP contribution is -1.92. The molecule has 11 rings (SSSR count). The van der Waals surface area contributed by atoms with Crippen LogP contribution in [-0.4, -0.2) is 19.9 Å². The van der Waals surface area contributed by atoms with Gasteiger partial charge in [-0.2, -0.15) is 0 Å². The fraction of sp³-hybridized carbons (Fsp3) is 0.0189. The lowest BCUT2D eigenvalue weighted by molar-refractivity contribution is 0.627. The highest BCUT2D eigenvalue weighted by Crippen LogP contribution is 2.38. The molecule has 0 N–H and O–H groups in total. The van der Waals surface area contributed by atoms with E-state index in [2.05, 4.69) is 52.5 Å². The van der Waals surface area contributed by atoms with Crippen molar-refractivity contribution in [1.82, 2.24) is 19.9 Å².